The molecule has 0 aliphatic carbocycles. The number of pyridine rings is 1. The van der Waals surface area contributed by atoms with Crippen molar-refractivity contribution in [1.29, 1.82) is 0 Å². The number of aliphatic hydroxyl groups is 1. The van der Waals surface area contributed by atoms with Gasteiger partial charge in [-0.1, -0.05) is 48.0 Å². The maximum Gasteiger partial charge on any atom is 0.202 e. The van der Waals surface area contributed by atoms with Crippen molar-refractivity contribution in [2.24, 2.45) is 4.99 Å². The summed E-state index contributed by atoms with van der Waals surface area (Å²) in [6.45, 7) is 0.391. The molecular weight excluding hydrogens is 504 g/mol. The van der Waals surface area contributed by atoms with Gasteiger partial charge in [-0.25, -0.2) is 14.6 Å². The number of nitrogens with one attached hydrogen (secondary N) is 1. The third-order valence-electron chi connectivity index (χ3n) is 6.56. The molecule has 1 saturated heterocycles. The van der Waals surface area contributed by atoms with Crippen LogP contribution in [0.25, 0.3) is 39.1 Å². The summed E-state index contributed by atoms with van der Waals surface area (Å²) < 4.78 is 13.5. The van der Waals surface area contributed by atoms with E-state index in [0.29, 0.717) is 29.6 Å². The normalized spacial score (nSPS) is 17.6. The number of aliphatic hydroxyl groups excluding tert-OH is 1. The Labute approximate surface area is 223 Å². The zero-order chi connectivity index (χ0) is 26.1. The molecule has 0 unspecified atom stereocenters. The largest absolute Gasteiger partial charge is 0.473 e. The highest BCUT2D eigenvalue weighted by Gasteiger charge is 2.28. The minimum Gasteiger partial charge on any atom is -0.473 e. The Morgan fingerprint density at radius 2 is 1.89 bits per heavy atom. The summed E-state index contributed by atoms with van der Waals surface area (Å²) in [6, 6.07) is 18.1. The molecule has 0 radical (unpaired) electrons. The average Bonchev–Trinajstić information content (AvgIpc) is 3.70. The molecule has 38 heavy (non-hydrogen) atoms. The standard InChI is InChI=1S/C28H25ClN6O3/c1-30-12-23-27-25(33-28(23)38-22-10-21(13-36)37-14-22)11-24(29)26(34-27)19-4-2-17(3-5-19)18-6-8-20(9-7-18)35-16-31-15-32-35/h2-9,11-12,15-16,21-22,33,36H,10,13-14H2,1H3/b30-12+/t21-,22-/m0/s1. The molecule has 9 nitrogen and oxygen atoms in total. The highest BCUT2D eigenvalue weighted by Crippen LogP contribution is 2.35. The lowest BCUT2D eigenvalue weighted by atomic mass is 10.0. The topological polar surface area (TPSA) is 110 Å². The van der Waals surface area contributed by atoms with Gasteiger partial charge in [-0.15, -0.1) is 0 Å². The summed E-state index contributed by atoms with van der Waals surface area (Å²) in [5.74, 6) is 0.559. The van der Waals surface area contributed by atoms with Crippen LogP contribution in [0.2, 0.25) is 5.02 Å². The number of hydrogen-bond acceptors (Lipinski definition) is 7. The Morgan fingerprint density at radius 1 is 1.16 bits per heavy atom. The quantitative estimate of drug-likeness (QED) is 0.296. The van der Waals surface area contributed by atoms with Crippen LogP contribution in [0.15, 0.2) is 72.2 Å². The van der Waals surface area contributed by atoms with Crippen LogP contribution in [0.5, 0.6) is 5.88 Å². The van der Waals surface area contributed by atoms with Crippen molar-refractivity contribution in [3.63, 3.8) is 0 Å². The van der Waals surface area contributed by atoms with Crippen LogP contribution in [0.3, 0.4) is 0 Å². The van der Waals surface area contributed by atoms with Gasteiger partial charge in [0.15, 0.2) is 0 Å². The summed E-state index contributed by atoms with van der Waals surface area (Å²) in [5.41, 5.74) is 6.90. The molecule has 0 bridgehead atoms. The number of benzene rings is 2. The molecule has 4 heterocycles. The minimum absolute atomic E-state index is 0.0244. The lowest BCUT2D eigenvalue weighted by molar-refractivity contribution is 0.0531. The second-order valence-corrected chi connectivity index (χ2v) is 9.46. The van der Waals surface area contributed by atoms with E-state index in [1.807, 2.05) is 30.3 Å². The monoisotopic (exact) mass is 528 g/mol. The Bertz CT molecular complexity index is 1580. The molecule has 0 amide bonds. The summed E-state index contributed by atoms with van der Waals surface area (Å²) in [4.78, 5) is 16.4. The van der Waals surface area contributed by atoms with E-state index in [4.69, 9.17) is 26.1 Å². The first-order chi connectivity index (χ1) is 18.6. The van der Waals surface area contributed by atoms with Crippen molar-refractivity contribution in [3.05, 3.63) is 77.8 Å². The molecule has 2 aromatic carbocycles. The van der Waals surface area contributed by atoms with Crippen molar-refractivity contribution >= 4 is 28.8 Å². The van der Waals surface area contributed by atoms with Gasteiger partial charge in [0.05, 0.1) is 46.8 Å². The Kier molecular flexibility index (Phi) is 6.63. The number of H-pyrrole nitrogens is 1. The maximum absolute atomic E-state index is 9.36. The summed E-state index contributed by atoms with van der Waals surface area (Å²) in [7, 11) is 1.71. The van der Waals surface area contributed by atoms with Crippen LogP contribution in [0.4, 0.5) is 0 Å². The summed E-state index contributed by atoms with van der Waals surface area (Å²) in [5, 5.41) is 14.1. The van der Waals surface area contributed by atoms with Crippen molar-refractivity contribution in [2.45, 2.75) is 18.6 Å². The first kappa shape index (κ1) is 24.3. The zero-order valence-electron chi connectivity index (χ0n) is 20.6. The fourth-order valence-electron chi connectivity index (χ4n) is 4.65. The molecule has 192 valence electrons. The van der Waals surface area contributed by atoms with Gasteiger partial charge in [0, 0.05) is 25.2 Å². The van der Waals surface area contributed by atoms with Crippen LogP contribution in [-0.2, 0) is 4.74 Å². The van der Waals surface area contributed by atoms with Gasteiger partial charge in [0.25, 0.3) is 0 Å². The highest BCUT2D eigenvalue weighted by molar-refractivity contribution is 6.33. The smallest absolute Gasteiger partial charge is 0.202 e. The van der Waals surface area contributed by atoms with Crippen LogP contribution < -0.4 is 4.74 Å². The zero-order valence-corrected chi connectivity index (χ0v) is 21.3. The SMILES string of the molecule is C/N=C/c1c(O[C@@H]2CO[C@H](CO)C2)[nH]c2cc(Cl)c(-c3ccc(-c4ccc(-n5cncn5)cc4)cc3)nc12. The number of fused-ring (bicyclic) bond motifs is 1. The minimum atomic E-state index is -0.207. The van der Waals surface area contributed by atoms with Crippen LogP contribution in [0, 0.1) is 0 Å². The summed E-state index contributed by atoms with van der Waals surface area (Å²) >= 11 is 6.69. The molecule has 1 aliphatic heterocycles. The van der Waals surface area contributed by atoms with Crippen molar-refractivity contribution in [1.82, 2.24) is 24.7 Å². The number of hydrogen-bond donors (Lipinski definition) is 2. The second-order valence-electron chi connectivity index (χ2n) is 9.05. The summed E-state index contributed by atoms with van der Waals surface area (Å²) in [6.07, 6.45) is 5.15. The van der Waals surface area contributed by atoms with E-state index in [1.165, 1.54) is 6.33 Å². The van der Waals surface area contributed by atoms with Gasteiger partial charge in [-0.05, 0) is 29.3 Å². The second kappa shape index (κ2) is 10.4. The Hall–Kier alpha value is -4.05. The fourth-order valence-corrected chi connectivity index (χ4v) is 4.91. The van der Waals surface area contributed by atoms with Crippen molar-refractivity contribution < 1.29 is 14.6 Å². The molecule has 0 saturated carbocycles. The molecule has 1 aliphatic rings. The predicted octanol–water partition coefficient (Wildman–Crippen LogP) is 4.71. The van der Waals surface area contributed by atoms with Crippen LogP contribution in [0.1, 0.15) is 12.0 Å². The van der Waals surface area contributed by atoms with Gasteiger partial charge < -0.3 is 19.6 Å². The first-order valence-corrected chi connectivity index (χ1v) is 12.6. The molecule has 1 fully saturated rings. The molecule has 2 N–H and O–H groups in total. The third kappa shape index (κ3) is 4.67. The predicted molar refractivity (Wildman–Crippen MR) is 146 cm³/mol. The highest BCUT2D eigenvalue weighted by atomic mass is 35.5. The molecule has 10 heteroatoms. The molecule has 6 rings (SSSR count). The van der Waals surface area contributed by atoms with E-state index in [1.54, 1.807) is 24.3 Å². The number of nitrogens with zero attached hydrogens (tertiary/aromatic N) is 5. The van der Waals surface area contributed by atoms with E-state index in [-0.39, 0.29) is 18.8 Å². The van der Waals surface area contributed by atoms with E-state index >= 15 is 0 Å². The van der Waals surface area contributed by atoms with E-state index in [9.17, 15) is 5.11 Å². The first-order valence-electron chi connectivity index (χ1n) is 12.2. The van der Waals surface area contributed by atoms with E-state index in [0.717, 1.165) is 39.0 Å². The lowest BCUT2D eigenvalue weighted by Crippen LogP contribution is -2.18. The number of aliphatic imine (C=N–C) groups is 1. The third-order valence-corrected chi connectivity index (χ3v) is 6.84. The molecule has 5 aromatic rings. The van der Waals surface area contributed by atoms with E-state index < -0.39 is 0 Å². The molecule has 0 spiro atoms. The van der Waals surface area contributed by atoms with Gasteiger partial charge in [-0.2, -0.15) is 5.10 Å². The molecule has 2 atom stereocenters. The van der Waals surface area contributed by atoms with Gasteiger partial charge in [0.1, 0.15) is 24.3 Å². The Morgan fingerprint density at radius 3 is 2.55 bits per heavy atom. The maximum atomic E-state index is 9.36. The average molecular weight is 529 g/mol. The number of aromatic nitrogens is 5. The molecular formula is C28H25ClN6O3. The van der Waals surface area contributed by atoms with Crippen LogP contribution in [-0.4, -0.2) is 68.5 Å². The van der Waals surface area contributed by atoms with Crippen molar-refractivity contribution in [2.75, 3.05) is 20.3 Å². The molecule has 3 aromatic heterocycles. The fraction of sp³-hybridized carbons (Fsp3) is 0.214. The number of aromatic amines is 1. The van der Waals surface area contributed by atoms with Gasteiger partial charge in [-0.3, -0.25) is 4.99 Å². The van der Waals surface area contributed by atoms with E-state index in [2.05, 4.69) is 44.3 Å². The van der Waals surface area contributed by atoms with Crippen LogP contribution >= 0.6 is 11.6 Å². The number of halogens is 1. The number of rotatable bonds is 7. The van der Waals surface area contributed by atoms with Crippen molar-refractivity contribution in [3.8, 4) is 34.0 Å². The lowest BCUT2D eigenvalue weighted by Gasteiger charge is -2.11. The van der Waals surface area contributed by atoms with Gasteiger partial charge in [0.2, 0.25) is 5.88 Å². The van der Waals surface area contributed by atoms with Gasteiger partial charge >= 0.3 is 0 Å². The number of ether oxygens (including phenoxy) is 2. The Balaban J connectivity index is 1.29.